The lowest BCUT2D eigenvalue weighted by molar-refractivity contribution is -0.148. The number of nitrogens with zero attached hydrogens (tertiary/aromatic N) is 2. The van der Waals surface area contributed by atoms with Crippen molar-refractivity contribution in [1.29, 1.82) is 0 Å². The van der Waals surface area contributed by atoms with Gasteiger partial charge in [-0.2, -0.15) is 0 Å². The molecular weight excluding hydrogens is 272 g/mol. The van der Waals surface area contributed by atoms with Crippen LogP contribution in [-0.4, -0.2) is 40.1 Å². The van der Waals surface area contributed by atoms with Crippen molar-refractivity contribution in [3.05, 3.63) is 17.0 Å². The van der Waals surface area contributed by atoms with Crippen molar-refractivity contribution in [3.8, 4) is 0 Å². The second-order valence-corrected chi connectivity index (χ2v) is 5.81. The minimum absolute atomic E-state index is 0.00609. The number of amides is 1. The highest BCUT2D eigenvalue weighted by Gasteiger charge is 2.44. The zero-order valence-electron chi connectivity index (χ0n) is 12.8. The molecule has 1 aromatic rings. The molecule has 0 bridgehead atoms. The molecule has 116 valence electrons. The van der Waals surface area contributed by atoms with Crippen LogP contribution in [-0.2, 0) is 16.0 Å². The third-order valence-electron chi connectivity index (χ3n) is 4.61. The number of aromatic nitrogens is 1. The summed E-state index contributed by atoms with van der Waals surface area (Å²) >= 11 is 0. The van der Waals surface area contributed by atoms with E-state index in [-0.39, 0.29) is 5.91 Å². The number of carbonyl (C=O) groups excluding carboxylic acids is 1. The molecule has 1 atom stereocenters. The zero-order valence-corrected chi connectivity index (χ0v) is 12.8. The predicted octanol–water partition coefficient (Wildman–Crippen LogP) is 1.94. The SMILES string of the molecule is CCC1(C(=O)O)CCN(C(=O)CCc2c(C)noc2C)C1. The highest BCUT2D eigenvalue weighted by Crippen LogP contribution is 2.34. The number of likely N-dealkylation sites (tertiary alicyclic amines) is 1. The molecule has 2 rings (SSSR count). The van der Waals surface area contributed by atoms with Gasteiger partial charge in [-0.05, 0) is 33.1 Å². The van der Waals surface area contributed by atoms with Crippen LogP contribution >= 0.6 is 0 Å². The Bertz CT molecular complexity index is 532. The van der Waals surface area contributed by atoms with E-state index < -0.39 is 11.4 Å². The monoisotopic (exact) mass is 294 g/mol. The van der Waals surface area contributed by atoms with Crippen LogP contribution in [0.25, 0.3) is 0 Å². The second kappa shape index (κ2) is 5.87. The van der Waals surface area contributed by atoms with Crippen LogP contribution in [0.4, 0.5) is 0 Å². The summed E-state index contributed by atoms with van der Waals surface area (Å²) in [6.07, 6.45) is 2.04. The number of carboxylic acids is 1. The Labute approximate surface area is 124 Å². The van der Waals surface area contributed by atoms with Crippen molar-refractivity contribution >= 4 is 11.9 Å². The molecule has 1 N–H and O–H groups in total. The summed E-state index contributed by atoms with van der Waals surface area (Å²) in [5, 5.41) is 13.2. The van der Waals surface area contributed by atoms with Crippen LogP contribution in [0.1, 0.15) is 43.2 Å². The van der Waals surface area contributed by atoms with Crippen molar-refractivity contribution in [2.75, 3.05) is 13.1 Å². The van der Waals surface area contributed by atoms with Crippen LogP contribution in [0.15, 0.2) is 4.52 Å². The van der Waals surface area contributed by atoms with Gasteiger partial charge in [0.25, 0.3) is 0 Å². The summed E-state index contributed by atoms with van der Waals surface area (Å²) in [7, 11) is 0. The van der Waals surface area contributed by atoms with Gasteiger partial charge in [0, 0.05) is 25.1 Å². The summed E-state index contributed by atoms with van der Waals surface area (Å²) in [5.74, 6) is -0.0484. The molecule has 6 heteroatoms. The van der Waals surface area contributed by atoms with E-state index in [9.17, 15) is 14.7 Å². The van der Waals surface area contributed by atoms with Crippen LogP contribution < -0.4 is 0 Å². The van der Waals surface area contributed by atoms with Gasteiger partial charge >= 0.3 is 5.97 Å². The van der Waals surface area contributed by atoms with E-state index >= 15 is 0 Å². The first-order valence-electron chi connectivity index (χ1n) is 7.32. The van der Waals surface area contributed by atoms with Crippen LogP contribution in [0, 0.1) is 19.3 Å². The van der Waals surface area contributed by atoms with E-state index in [1.165, 1.54) is 0 Å². The van der Waals surface area contributed by atoms with Gasteiger partial charge in [0.1, 0.15) is 5.76 Å². The number of aryl methyl sites for hydroxylation is 2. The van der Waals surface area contributed by atoms with E-state index in [4.69, 9.17) is 4.52 Å². The molecule has 1 unspecified atom stereocenters. The van der Waals surface area contributed by atoms with Gasteiger partial charge in [-0.25, -0.2) is 0 Å². The molecule has 0 spiro atoms. The average molecular weight is 294 g/mol. The normalized spacial score (nSPS) is 21.8. The average Bonchev–Trinajstić information content (AvgIpc) is 3.02. The van der Waals surface area contributed by atoms with Crippen molar-refractivity contribution in [1.82, 2.24) is 10.1 Å². The van der Waals surface area contributed by atoms with Crippen molar-refractivity contribution in [2.24, 2.45) is 5.41 Å². The van der Waals surface area contributed by atoms with Gasteiger partial charge in [0.05, 0.1) is 11.1 Å². The van der Waals surface area contributed by atoms with Crippen molar-refractivity contribution in [3.63, 3.8) is 0 Å². The molecule has 2 heterocycles. The number of hydrogen-bond acceptors (Lipinski definition) is 4. The fourth-order valence-electron chi connectivity index (χ4n) is 2.95. The van der Waals surface area contributed by atoms with Crippen molar-refractivity contribution in [2.45, 2.75) is 46.5 Å². The summed E-state index contributed by atoms with van der Waals surface area (Å²) in [5.41, 5.74) is 1.02. The third kappa shape index (κ3) is 2.94. The second-order valence-electron chi connectivity index (χ2n) is 5.81. The van der Waals surface area contributed by atoms with Gasteiger partial charge in [-0.3, -0.25) is 9.59 Å². The summed E-state index contributed by atoms with van der Waals surface area (Å²) in [4.78, 5) is 25.3. The number of aliphatic carboxylic acids is 1. The van der Waals surface area contributed by atoms with Gasteiger partial charge in [0.15, 0.2) is 0 Å². The molecular formula is C15H22N2O4. The zero-order chi connectivity index (χ0) is 15.6. The fraction of sp³-hybridized carbons (Fsp3) is 0.667. The molecule has 6 nitrogen and oxygen atoms in total. The Hall–Kier alpha value is -1.85. The third-order valence-corrected chi connectivity index (χ3v) is 4.61. The fourth-order valence-corrected chi connectivity index (χ4v) is 2.95. The molecule has 1 saturated heterocycles. The number of carbonyl (C=O) groups is 2. The number of hydrogen-bond donors (Lipinski definition) is 1. The lowest BCUT2D eigenvalue weighted by Gasteiger charge is -2.23. The molecule has 1 fully saturated rings. The van der Waals surface area contributed by atoms with Gasteiger partial charge in [-0.1, -0.05) is 12.1 Å². The first-order valence-corrected chi connectivity index (χ1v) is 7.32. The molecule has 0 aliphatic carbocycles. The van der Waals surface area contributed by atoms with E-state index in [1.54, 1.807) is 4.90 Å². The van der Waals surface area contributed by atoms with Gasteiger partial charge in [0.2, 0.25) is 5.91 Å². The first kappa shape index (κ1) is 15.5. The number of rotatable bonds is 5. The lowest BCUT2D eigenvalue weighted by Crippen LogP contribution is -2.36. The molecule has 1 amide bonds. The van der Waals surface area contributed by atoms with Crippen LogP contribution in [0.5, 0.6) is 0 Å². The largest absolute Gasteiger partial charge is 0.481 e. The van der Waals surface area contributed by atoms with Crippen molar-refractivity contribution < 1.29 is 19.2 Å². The number of carboxylic acid groups (broad SMARTS) is 1. The van der Waals surface area contributed by atoms with E-state index in [2.05, 4.69) is 5.16 Å². The quantitative estimate of drug-likeness (QED) is 0.897. The van der Waals surface area contributed by atoms with Crippen LogP contribution in [0.2, 0.25) is 0 Å². The maximum Gasteiger partial charge on any atom is 0.311 e. The van der Waals surface area contributed by atoms with Crippen LogP contribution in [0.3, 0.4) is 0 Å². The van der Waals surface area contributed by atoms with E-state index in [1.807, 2.05) is 20.8 Å². The Balaban J connectivity index is 1.95. The van der Waals surface area contributed by atoms with Gasteiger partial charge < -0.3 is 14.5 Å². The Morgan fingerprint density at radius 1 is 1.43 bits per heavy atom. The molecule has 0 aromatic carbocycles. The molecule has 1 aliphatic heterocycles. The summed E-state index contributed by atoms with van der Waals surface area (Å²) in [6.45, 7) is 6.41. The van der Waals surface area contributed by atoms with E-state index in [0.717, 1.165) is 17.0 Å². The topological polar surface area (TPSA) is 83.6 Å². The van der Waals surface area contributed by atoms with Gasteiger partial charge in [-0.15, -0.1) is 0 Å². The Morgan fingerprint density at radius 3 is 2.62 bits per heavy atom. The smallest absolute Gasteiger partial charge is 0.311 e. The minimum atomic E-state index is -0.800. The maximum atomic E-state index is 12.3. The molecule has 21 heavy (non-hydrogen) atoms. The lowest BCUT2D eigenvalue weighted by atomic mass is 9.84. The Kier molecular flexibility index (Phi) is 4.34. The summed E-state index contributed by atoms with van der Waals surface area (Å²) in [6, 6.07) is 0. The maximum absolute atomic E-state index is 12.3. The van der Waals surface area contributed by atoms with E-state index in [0.29, 0.717) is 38.8 Å². The molecule has 0 radical (unpaired) electrons. The summed E-state index contributed by atoms with van der Waals surface area (Å²) < 4.78 is 5.08. The molecule has 1 aliphatic rings. The molecule has 1 aromatic heterocycles. The highest BCUT2D eigenvalue weighted by molar-refractivity contribution is 5.80. The molecule has 0 saturated carbocycles. The Morgan fingerprint density at radius 2 is 2.14 bits per heavy atom. The first-order chi connectivity index (χ1) is 9.89. The standard InChI is InChI=1S/C15H22N2O4/c1-4-15(14(19)20)7-8-17(9-15)13(18)6-5-12-10(2)16-21-11(12)3/h4-9H2,1-3H3,(H,19,20). The highest BCUT2D eigenvalue weighted by atomic mass is 16.5. The predicted molar refractivity (Wildman–Crippen MR) is 75.9 cm³/mol. The minimum Gasteiger partial charge on any atom is -0.481 e.